The lowest BCUT2D eigenvalue weighted by molar-refractivity contribution is 0.102. The number of anilines is 4. The first kappa shape index (κ1) is 31.9. The number of halogens is 1. The number of aryl methyl sites for hydroxylation is 2. The summed E-state index contributed by atoms with van der Waals surface area (Å²) in [4.78, 5) is 32.7. The second-order valence-corrected chi connectivity index (χ2v) is 13.1. The van der Waals surface area contributed by atoms with E-state index in [-0.39, 0.29) is 22.8 Å². The lowest BCUT2D eigenvalue weighted by Crippen LogP contribution is -2.48. The van der Waals surface area contributed by atoms with Gasteiger partial charge in [0.15, 0.2) is 11.6 Å². The summed E-state index contributed by atoms with van der Waals surface area (Å²) in [7, 11) is -1.65. The maximum absolute atomic E-state index is 15.8. The van der Waals surface area contributed by atoms with Crippen LogP contribution in [0, 0.1) is 5.82 Å². The van der Waals surface area contributed by atoms with Gasteiger partial charge in [-0.15, -0.1) is 0 Å². The molecule has 1 amide bonds. The van der Waals surface area contributed by atoms with Crippen molar-refractivity contribution in [1.82, 2.24) is 13.9 Å². The smallest absolute Gasteiger partial charge is 0.293 e. The molecule has 1 aliphatic rings. The molecule has 0 aliphatic carbocycles. The highest BCUT2D eigenvalue weighted by atomic mass is 32.2. The standard InChI is InChI=1S/C33H37FN6O4S/c1-4-5-9-23-10-6-7-11-26(23)32(41)37-28-13-8-12-27(30(28)34)29-22-38(2)33(42)31(36-29)35-24-14-16-25(17-15-24)39-18-20-40(21-19-39)45(3,43)44/h6-8,10-17,22H,4-5,9,18-21H2,1-3H3,(H,35,36)(H,37,41). The third-order valence-electron chi connectivity index (χ3n) is 7.86. The summed E-state index contributed by atoms with van der Waals surface area (Å²) in [6.45, 7) is 4.06. The number of hydrogen-bond donors (Lipinski definition) is 2. The Morgan fingerprint density at radius 3 is 2.38 bits per heavy atom. The molecule has 1 saturated heterocycles. The minimum atomic E-state index is -3.21. The highest BCUT2D eigenvalue weighted by Gasteiger charge is 2.23. The molecule has 0 saturated carbocycles. The third-order valence-corrected chi connectivity index (χ3v) is 9.16. The summed E-state index contributed by atoms with van der Waals surface area (Å²) < 4.78 is 42.3. The van der Waals surface area contributed by atoms with Gasteiger partial charge in [-0.1, -0.05) is 37.6 Å². The molecule has 12 heteroatoms. The fourth-order valence-corrected chi connectivity index (χ4v) is 6.16. The molecule has 2 heterocycles. The van der Waals surface area contributed by atoms with E-state index in [2.05, 4.69) is 27.4 Å². The number of rotatable bonds is 10. The van der Waals surface area contributed by atoms with Crippen molar-refractivity contribution in [3.63, 3.8) is 0 Å². The van der Waals surface area contributed by atoms with Crippen LogP contribution in [0.1, 0.15) is 35.7 Å². The quantitative estimate of drug-likeness (QED) is 0.253. The molecule has 4 aromatic rings. The predicted octanol–water partition coefficient (Wildman–Crippen LogP) is 5.01. The van der Waals surface area contributed by atoms with Crippen molar-refractivity contribution in [3.05, 3.63) is 100 Å². The van der Waals surface area contributed by atoms with Gasteiger partial charge in [0.1, 0.15) is 0 Å². The Bertz CT molecular complexity index is 1850. The highest BCUT2D eigenvalue weighted by Crippen LogP contribution is 2.28. The largest absolute Gasteiger partial charge is 0.369 e. The molecule has 0 atom stereocenters. The molecule has 236 valence electrons. The van der Waals surface area contributed by atoms with E-state index in [9.17, 15) is 18.0 Å². The monoisotopic (exact) mass is 632 g/mol. The van der Waals surface area contributed by atoms with Gasteiger partial charge in [-0.25, -0.2) is 17.8 Å². The number of piperazine rings is 1. The molecule has 0 bridgehead atoms. The van der Waals surface area contributed by atoms with E-state index in [1.165, 1.54) is 27.4 Å². The summed E-state index contributed by atoms with van der Waals surface area (Å²) in [6, 6.07) is 19.4. The van der Waals surface area contributed by atoms with Gasteiger partial charge >= 0.3 is 0 Å². The van der Waals surface area contributed by atoms with E-state index in [0.29, 0.717) is 37.4 Å². The van der Waals surface area contributed by atoms with E-state index in [4.69, 9.17) is 0 Å². The van der Waals surface area contributed by atoms with Crippen molar-refractivity contribution < 1.29 is 17.6 Å². The SMILES string of the molecule is CCCCc1ccccc1C(=O)Nc1cccc(-c2cn(C)c(=O)c(Nc3ccc(N4CCN(S(C)(=O)=O)CC4)cc3)n2)c1F. The lowest BCUT2D eigenvalue weighted by Gasteiger charge is -2.34. The molecule has 1 aromatic heterocycles. The van der Waals surface area contributed by atoms with Crippen LogP contribution in [0.5, 0.6) is 0 Å². The molecule has 1 aliphatic heterocycles. The maximum Gasteiger partial charge on any atom is 0.293 e. The van der Waals surface area contributed by atoms with Gasteiger partial charge in [-0.05, 0) is 60.9 Å². The maximum atomic E-state index is 15.8. The van der Waals surface area contributed by atoms with Crippen molar-refractivity contribution in [3.8, 4) is 11.3 Å². The first-order valence-corrected chi connectivity index (χ1v) is 16.7. The topological polar surface area (TPSA) is 117 Å². The van der Waals surface area contributed by atoms with Gasteiger partial charge in [-0.2, -0.15) is 4.31 Å². The van der Waals surface area contributed by atoms with Crippen molar-refractivity contribution in [2.75, 3.05) is 48.0 Å². The van der Waals surface area contributed by atoms with Crippen LogP contribution in [0.15, 0.2) is 77.7 Å². The Morgan fingerprint density at radius 1 is 0.978 bits per heavy atom. The van der Waals surface area contributed by atoms with Crippen LogP contribution >= 0.6 is 0 Å². The Labute approximate surface area is 262 Å². The van der Waals surface area contributed by atoms with Gasteiger partial charge < -0.3 is 20.1 Å². The number of carbonyl (C=O) groups excluding carboxylic acids is 1. The van der Waals surface area contributed by atoms with Gasteiger partial charge in [0.05, 0.1) is 17.6 Å². The van der Waals surface area contributed by atoms with Crippen LogP contribution in [0.4, 0.5) is 27.3 Å². The van der Waals surface area contributed by atoms with Gasteiger partial charge in [-0.3, -0.25) is 9.59 Å². The summed E-state index contributed by atoms with van der Waals surface area (Å²) in [6.07, 6.45) is 5.36. The second-order valence-electron chi connectivity index (χ2n) is 11.1. The summed E-state index contributed by atoms with van der Waals surface area (Å²) in [5, 5.41) is 5.76. The summed E-state index contributed by atoms with van der Waals surface area (Å²) in [5.41, 5.74) is 2.92. The van der Waals surface area contributed by atoms with Gasteiger partial charge in [0.25, 0.3) is 11.5 Å². The minimum absolute atomic E-state index is 0.0147. The predicted molar refractivity (Wildman–Crippen MR) is 176 cm³/mol. The fourth-order valence-electron chi connectivity index (χ4n) is 5.33. The van der Waals surface area contributed by atoms with E-state index in [0.717, 1.165) is 30.5 Å². The normalized spacial score (nSPS) is 13.9. The molecule has 0 spiro atoms. The molecule has 1 fully saturated rings. The van der Waals surface area contributed by atoms with Crippen LogP contribution in [0.3, 0.4) is 0 Å². The van der Waals surface area contributed by atoms with Crippen LogP contribution in [-0.4, -0.2) is 60.6 Å². The van der Waals surface area contributed by atoms with E-state index >= 15 is 4.39 Å². The average molecular weight is 633 g/mol. The molecule has 10 nitrogen and oxygen atoms in total. The summed E-state index contributed by atoms with van der Waals surface area (Å²) in [5.74, 6) is -1.04. The minimum Gasteiger partial charge on any atom is -0.369 e. The zero-order chi connectivity index (χ0) is 32.1. The highest BCUT2D eigenvalue weighted by molar-refractivity contribution is 7.88. The van der Waals surface area contributed by atoms with Crippen molar-refractivity contribution in [2.45, 2.75) is 26.2 Å². The van der Waals surface area contributed by atoms with E-state index in [1.54, 1.807) is 43.4 Å². The van der Waals surface area contributed by atoms with Gasteiger partial charge in [0, 0.05) is 61.9 Å². The molecule has 45 heavy (non-hydrogen) atoms. The van der Waals surface area contributed by atoms with Gasteiger partial charge in [0.2, 0.25) is 10.0 Å². The van der Waals surface area contributed by atoms with Crippen LogP contribution in [0.25, 0.3) is 11.3 Å². The number of nitrogens with one attached hydrogen (secondary N) is 2. The lowest BCUT2D eigenvalue weighted by atomic mass is 10.0. The summed E-state index contributed by atoms with van der Waals surface area (Å²) >= 11 is 0. The van der Waals surface area contributed by atoms with E-state index in [1.807, 2.05) is 24.3 Å². The number of hydrogen-bond acceptors (Lipinski definition) is 7. The number of sulfonamides is 1. The zero-order valence-electron chi connectivity index (χ0n) is 25.6. The molecule has 0 radical (unpaired) electrons. The molecule has 2 N–H and O–H groups in total. The Hall–Kier alpha value is -4.55. The Kier molecular flexibility index (Phi) is 9.64. The van der Waals surface area contributed by atoms with Crippen molar-refractivity contribution in [1.29, 1.82) is 0 Å². The number of benzene rings is 3. The molecule has 5 rings (SSSR count). The number of aromatic nitrogens is 2. The molecule has 3 aromatic carbocycles. The number of amides is 1. The first-order chi connectivity index (χ1) is 21.5. The van der Waals surface area contributed by atoms with Crippen molar-refractivity contribution >= 4 is 38.8 Å². The number of carbonyl (C=O) groups is 1. The Balaban J connectivity index is 1.34. The van der Waals surface area contributed by atoms with E-state index < -0.39 is 27.3 Å². The second kappa shape index (κ2) is 13.6. The van der Waals surface area contributed by atoms with Crippen LogP contribution < -0.4 is 21.1 Å². The molecular weight excluding hydrogens is 595 g/mol. The molecular formula is C33H37FN6O4S. The first-order valence-electron chi connectivity index (χ1n) is 14.9. The number of unbranched alkanes of at least 4 members (excludes halogenated alkanes) is 1. The fraction of sp³-hybridized carbons (Fsp3) is 0.303. The average Bonchev–Trinajstić information content (AvgIpc) is 3.03. The van der Waals surface area contributed by atoms with Crippen LogP contribution in [-0.2, 0) is 23.5 Å². The third kappa shape index (κ3) is 7.40. The zero-order valence-corrected chi connectivity index (χ0v) is 26.4. The molecule has 0 unspecified atom stereocenters. The van der Waals surface area contributed by atoms with Crippen LogP contribution in [0.2, 0.25) is 0 Å². The number of nitrogens with zero attached hydrogens (tertiary/aromatic N) is 4. The van der Waals surface area contributed by atoms with Crippen molar-refractivity contribution in [2.24, 2.45) is 7.05 Å². The Morgan fingerprint density at radius 2 is 1.69 bits per heavy atom.